The Hall–Kier alpha value is -2.40. The molecular weight excluding hydrogens is 258 g/mol. The normalized spacial score (nSPS) is 16.2. The molecule has 3 rings (SSSR count). The fraction of sp³-hybridized carbons (Fsp3) is 0.200. The van der Waals surface area contributed by atoms with Crippen molar-refractivity contribution in [2.45, 2.75) is 12.5 Å². The predicted octanol–water partition coefficient (Wildman–Crippen LogP) is 1.52. The van der Waals surface area contributed by atoms with Crippen LogP contribution in [0.3, 0.4) is 0 Å². The molecule has 1 aliphatic rings. The fourth-order valence-electron chi connectivity index (χ4n) is 2.32. The molecule has 0 radical (unpaired) electrons. The summed E-state index contributed by atoms with van der Waals surface area (Å²) in [5.41, 5.74) is 2.38. The molecule has 1 aromatic heterocycles. The summed E-state index contributed by atoms with van der Waals surface area (Å²) in [7, 11) is 1.47. The number of aliphatic hydroxyl groups is 1. The van der Waals surface area contributed by atoms with Gasteiger partial charge in [-0.1, -0.05) is 12.1 Å². The number of aliphatic hydroxyl groups excluding tert-OH is 1. The number of likely N-dealkylation sites (N-methyl/N-ethyl adjacent to an activating group) is 1. The Morgan fingerprint density at radius 2 is 2.05 bits per heavy atom. The quantitative estimate of drug-likeness (QED) is 0.841. The molecule has 0 fully saturated rings. The summed E-state index contributed by atoms with van der Waals surface area (Å²) in [5.74, 6) is -0.553. The van der Waals surface area contributed by atoms with Crippen LogP contribution in [0.1, 0.15) is 33.2 Å². The van der Waals surface area contributed by atoms with Gasteiger partial charge in [0, 0.05) is 18.2 Å². The van der Waals surface area contributed by atoms with E-state index in [1.54, 1.807) is 24.3 Å². The molecule has 102 valence electrons. The van der Waals surface area contributed by atoms with Crippen LogP contribution in [-0.4, -0.2) is 28.9 Å². The van der Waals surface area contributed by atoms with Crippen molar-refractivity contribution in [3.05, 3.63) is 59.0 Å². The molecule has 20 heavy (non-hydrogen) atoms. The summed E-state index contributed by atoms with van der Waals surface area (Å²) in [5, 5.41) is 10.2. The molecule has 0 saturated heterocycles. The molecule has 0 spiro atoms. The van der Waals surface area contributed by atoms with Gasteiger partial charge < -0.3 is 9.52 Å². The van der Waals surface area contributed by atoms with Crippen molar-refractivity contribution in [2.75, 3.05) is 7.05 Å². The number of carbonyl (C=O) groups excluding carboxylic acids is 2. The topological polar surface area (TPSA) is 70.8 Å². The number of furan rings is 1. The maximum Gasteiger partial charge on any atom is 0.260 e. The predicted molar refractivity (Wildman–Crippen MR) is 70.0 cm³/mol. The molecule has 0 saturated carbocycles. The highest BCUT2D eigenvalue weighted by atomic mass is 16.3. The van der Waals surface area contributed by atoms with E-state index in [0.717, 1.165) is 4.90 Å². The Bertz CT molecular complexity index is 675. The van der Waals surface area contributed by atoms with Crippen LogP contribution in [0.15, 0.2) is 41.2 Å². The Balaban J connectivity index is 2.01. The standard InChI is InChI=1S/C15H13NO4/c1-16-13(17)7-9-2-3-10(6-12(9)15(16)19)14(18)11-4-5-20-8-11/h2-6,8,14,18H,7H2,1H3. The summed E-state index contributed by atoms with van der Waals surface area (Å²) in [6.07, 6.45) is 2.30. The zero-order chi connectivity index (χ0) is 14.3. The van der Waals surface area contributed by atoms with E-state index in [1.165, 1.54) is 19.6 Å². The molecule has 0 aliphatic carbocycles. The smallest absolute Gasteiger partial charge is 0.260 e. The molecule has 1 atom stereocenters. The van der Waals surface area contributed by atoms with E-state index in [0.29, 0.717) is 22.3 Å². The molecule has 1 aromatic carbocycles. The highest BCUT2D eigenvalue weighted by Gasteiger charge is 2.28. The molecule has 1 aliphatic heterocycles. The zero-order valence-electron chi connectivity index (χ0n) is 10.9. The Kier molecular flexibility index (Phi) is 2.91. The van der Waals surface area contributed by atoms with E-state index in [-0.39, 0.29) is 18.2 Å². The van der Waals surface area contributed by atoms with E-state index in [1.807, 2.05) is 0 Å². The van der Waals surface area contributed by atoms with Crippen molar-refractivity contribution in [3.8, 4) is 0 Å². The molecule has 1 unspecified atom stereocenters. The second-order valence-corrected chi connectivity index (χ2v) is 4.81. The molecule has 5 heteroatoms. The van der Waals surface area contributed by atoms with E-state index in [4.69, 9.17) is 4.42 Å². The van der Waals surface area contributed by atoms with Crippen LogP contribution in [-0.2, 0) is 11.2 Å². The lowest BCUT2D eigenvalue weighted by atomic mass is 9.93. The lowest BCUT2D eigenvalue weighted by Crippen LogP contribution is -2.39. The van der Waals surface area contributed by atoms with Gasteiger partial charge in [-0.15, -0.1) is 0 Å². The maximum atomic E-state index is 12.1. The minimum atomic E-state index is -0.852. The first kappa shape index (κ1) is 12.6. The van der Waals surface area contributed by atoms with Gasteiger partial charge in [0.15, 0.2) is 0 Å². The number of rotatable bonds is 2. The van der Waals surface area contributed by atoms with Gasteiger partial charge in [-0.3, -0.25) is 14.5 Å². The number of hydrogen-bond acceptors (Lipinski definition) is 4. The molecule has 5 nitrogen and oxygen atoms in total. The van der Waals surface area contributed by atoms with Crippen molar-refractivity contribution in [1.29, 1.82) is 0 Å². The number of imide groups is 1. The van der Waals surface area contributed by atoms with E-state index in [9.17, 15) is 14.7 Å². The highest BCUT2D eigenvalue weighted by Crippen LogP contribution is 2.27. The monoisotopic (exact) mass is 271 g/mol. The summed E-state index contributed by atoms with van der Waals surface area (Å²) < 4.78 is 4.94. The largest absolute Gasteiger partial charge is 0.472 e. The average molecular weight is 271 g/mol. The van der Waals surface area contributed by atoms with Gasteiger partial charge in [0.2, 0.25) is 5.91 Å². The molecule has 2 heterocycles. The first-order valence-electron chi connectivity index (χ1n) is 6.22. The average Bonchev–Trinajstić information content (AvgIpc) is 2.98. The Labute approximate surface area is 115 Å². The van der Waals surface area contributed by atoms with Crippen LogP contribution in [0, 0.1) is 0 Å². The maximum absolute atomic E-state index is 12.1. The number of carbonyl (C=O) groups is 2. The zero-order valence-corrected chi connectivity index (χ0v) is 10.9. The summed E-state index contributed by atoms with van der Waals surface area (Å²) in [4.78, 5) is 24.8. The van der Waals surface area contributed by atoms with E-state index >= 15 is 0 Å². The van der Waals surface area contributed by atoms with Crippen molar-refractivity contribution in [3.63, 3.8) is 0 Å². The Morgan fingerprint density at radius 1 is 1.25 bits per heavy atom. The molecule has 0 bridgehead atoms. The number of benzene rings is 1. The van der Waals surface area contributed by atoms with Gasteiger partial charge in [-0.2, -0.15) is 0 Å². The van der Waals surface area contributed by atoms with E-state index in [2.05, 4.69) is 0 Å². The first-order chi connectivity index (χ1) is 9.58. The van der Waals surface area contributed by atoms with Gasteiger partial charge >= 0.3 is 0 Å². The summed E-state index contributed by atoms with van der Waals surface area (Å²) in [6.45, 7) is 0. The van der Waals surface area contributed by atoms with Crippen LogP contribution in [0.4, 0.5) is 0 Å². The van der Waals surface area contributed by atoms with Crippen LogP contribution in [0.25, 0.3) is 0 Å². The third kappa shape index (κ3) is 1.92. The second-order valence-electron chi connectivity index (χ2n) is 4.81. The van der Waals surface area contributed by atoms with Gasteiger partial charge in [-0.05, 0) is 23.3 Å². The Morgan fingerprint density at radius 3 is 2.75 bits per heavy atom. The van der Waals surface area contributed by atoms with Gasteiger partial charge in [0.25, 0.3) is 5.91 Å². The second kappa shape index (κ2) is 4.61. The lowest BCUT2D eigenvalue weighted by Gasteiger charge is -2.24. The molecule has 2 aromatic rings. The van der Waals surface area contributed by atoms with Gasteiger partial charge in [0.05, 0.1) is 18.9 Å². The van der Waals surface area contributed by atoms with Crippen LogP contribution >= 0.6 is 0 Å². The fourth-order valence-corrected chi connectivity index (χ4v) is 2.32. The highest BCUT2D eigenvalue weighted by molar-refractivity contribution is 6.09. The van der Waals surface area contributed by atoms with Crippen molar-refractivity contribution in [1.82, 2.24) is 4.90 Å². The molecule has 1 N–H and O–H groups in total. The number of nitrogens with zero attached hydrogens (tertiary/aromatic N) is 1. The summed E-state index contributed by atoms with van der Waals surface area (Å²) in [6, 6.07) is 6.75. The molecule has 2 amide bonds. The molecular formula is C15H13NO4. The third-order valence-electron chi connectivity index (χ3n) is 3.56. The SMILES string of the molecule is CN1C(=O)Cc2ccc(C(O)c3ccoc3)cc2C1=O. The van der Waals surface area contributed by atoms with Crippen LogP contribution in [0.2, 0.25) is 0 Å². The van der Waals surface area contributed by atoms with Gasteiger partial charge in [-0.25, -0.2) is 0 Å². The minimum absolute atomic E-state index is 0.208. The van der Waals surface area contributed by atoms with Crippen LogP contribution < -0.4 is 0 Å². The van der Waals surface area contributed by atoms with Crippen LogP contribution in [0.5, 0.6) is 0 Å². The van der Waals surface area contributed by atoms with Crippen molar-refractivity contribution < 1.29 is 19.1 Å². The van der Waals surface area contributed by atoms with Crippen molar-refractivity contribution >= 4 is 11.8 Å². The minimum Gasteiger partial charge on any atom is -0.472 e. The van der Waals surface area contributed by atoms with Crippen molar-refractivity contribution in [2.24, 2.45) is 0 Å². The lowest BCUT2D eigenvalue weighted by molar-refractivity contribution is -0.127. The summed E-state index contributed by atoms with van der Waals surface area (Å²) >= 11 is 0. The first-order valence-corrected chi connectivity index (χ1v) is 6.22. The third-order valence-corrected chi connectivity index (χ3v) is 3.56. The number of fused-ring (bicyclic) bond motifs is 1. The van der Waals surface area contributed by atoms with Gasteiger partial charge in [0.1, 0.15) is 6.10 Å². The number of hydrogen-bond donors (Lipinski definition) is 1. The number of amides is 2. The van der Waals surface area contributed by atoms with E-state index < -0.39 is 6.10 Å².